The minimum absolute atomic E-state index is 0. The van der Waals surface area contributed by atoms with Crippen LogP contribution in [0.15, 0.2) is 35.2 Å². The first kappa shape index (κ1) is 13.0. The van der Waals surface area contributed by atoms with Gasteiger partial charge in [-0.05, 0) is 19.1 Å². The van der Waals surface area contributed by atoms with Crippen LogP contribution in [0.1, 0.15) is 6.92 Å². The van der Waals surface area contributed by atoms with Crippen molar-refractivity contribution in [2.75, 3.05) is 6.61 Å². The summed E-state index contributed by atoms with van der Waals surface area (Å²) in [6.45, 7) is 2.29. The van der Waals surface area contributed by atoms with E-state index in [0.717, 1.165) is 0 Å². The van der Waals surface area contributed by atoms with Crippen molar-refractivity contribution in [3.8, 4) is 0 Å². The van der Waals surface area contributed by atoms with Crippen molar-refractivity contribution < 1.29 is 8.39 Å². The van der Waals surface area contributed by atoms with Gasteiger partial charge >= 0.3 is 0 Å². The van der Waals surface area contributed by atoms with Gasteiger partial charge < -0.3 is 0 Å². The summed E-state index contributed by atoms with van der Waals surface area (Å²) in [7, 11) is 0. The monoisotopic (exact) mass is 209 g/mol. The Balaban J connectivity index is 0.00000121. The molecule has 0 fully saturated rings. The van der Waals surface area contributed by atoms with Crippen LogP contribution in [0.5, 0.6) is 0 Å². The average molecular weight is 209 g/mol. The summed E-state index contributed by atoms with van der Waals surface area (Å²) < 4.78 is 16.0. The molecule has 4 heteroatoms. The van der Waals surface area contributed by atoms with Crippen molar-refractivity contribution in [2.24, 2.45) is 0 Å². The van der Waals surface area contributed by atoms with Crippen molar-refractivity contribution >= 4 is 62.5 Å². The molecule has 0 aliphatic carbocycles. The maximum atomic E-state index is 11.1. The van der Waals surface area contributed by atoms with Gasteiger partial charge in [0.1, 0.15) is 0 Å². The smallest absolute Gasteiger partial charge is 0.189 e. The number of rotatable bonds is 3. The first-order chi connectivity index (χ1) is 5.34. The third kappa shape index (κ3) is 4.27. The molecular weight excluding hydrogens is 199 g/mol. The molecule has 61 valence electrons. The Morgan fingerprint density at radius 2 is 1.92 bits per heavy atom. The van der Waals surface area contributed by atoms with E-state index in [1.807, 2.05) is 25.1 Å². The Labute approximate surface area is 118 Å². The second-order valence-corrected chi connectivity index (χ2v) is 3.13. The Kier molecular flexibility index (Phi) is 7.97. The quantitative estimate of drug-likeness (QED) is 0.703. The van der Waals surface area contributed by atoms with Gasteiger partial charge in [0.15, 0.2) is 11.1 Å². The summed E-state index contributed by atoms with van der Waals surface area (Å²) in [4.78, 5) is 0.717. The van der Waals surface area contributed by atoms with Gasteiger partial charge in [0, 0.05) is 51.4 Å². The van der Waals surface area contributed by atoms with E-state index in [1.54, 1.807) is 12.1 Å². The molecule has 2 nitrogen and oxygen atoms in total. The summed E-state index contributed by atoms with van der Waals surface area (Å²) in [5.74, 6) is 0. The molecule has 1 unspecified atom stereocenters. The van der Waals surface area contributed by atoms with Gasteiger partial charge in [0.25, 0.3) is 0 Å². The number of benzene rings is 1. The molecule has 1 atom stereocenters. The summed E-state index contributed by atoms with van der Waals surface area (Å²) in [5, 5.41) is 0. The van der Waals surface area contributed by atoms with Gasteiger partial charge in [-0.1, -0.05) is 18.2 Å². The predicted octanol–water partition coefficient (Wildman–Crippen LogP) is 1.36. The van der Waals surface area contributed by atoms with Crippen LogP contribution in [-0.2, 0) is 15.3 Å². The van der Waals surface area contributed by atoms with Crippen LogP contribution in [0.2, 0.25) is 0 Å². The fourth-order valence-corrected chi connectivity index (χ4v) is 1.44. The zero-order valence-corrected chi connectivity index (χ0v) is 11.3. The van der Waals surface area contributed by atoms with E-state index in [-0.39, 0.29) is 51.4 Å². The van der Waals surface area contributed by atoms with Crippen molar-refractivity contribution in [3.63, 3.8) is 0 Å². The van der Waals surface area contributed by atoms with E-state index >= 15 is 0 Å². The van der Waals surface area contributed by atoms with Crippen molar-refractivity contribution in [1.29, 1.82) is 0 Å². The predicted molar refractivity (Wildman–Crippen MR) is 50.2 cm³/mol. The van der Waals surface area contributed by atoms with E-state index in [2.05, 4.69) is 0 Å². The van der Waals surface area contributed by atoms with E-state index in [1.165, 1.54) is 0 Å². The van der Waals surface area contributed by atoms with Crippen LogP contribution in [0.25, 0.3) is 0 Å². The molecule has 0 spiro atoms. The van der Waals surface area contributed by atoms with Crippen LogP contribution in [-0.4, -0.2) is 62.2 Å². The van der Waals surface area contributed by atoms with E-state index in [4.69, 9.17) is 4.18 Å². The third-order valence-corrected chi connectivity index (χ3v) is 2.27. The van der Waals surface area contributed by atoms with Gasteiger partial charge in [0.05, 0.1) is 11.5 Å². The van der Waals surface area contributed by atoms with Gasteiger partial charge in [-0.25, -0.2) is 4.21 Å². The maximum Gasteiger partial charge on any atom is 0.189 e. The molecule has 1 aromatic carbocycles. The van der Waals surface area contributed by atoms with Gasteiger partial charge in [-0.15, -0.1) is 0 Å². The van der Waals surface area contributed by atoms with E-state index in [0.29, 0.717) is 11.5 Å². The number of hydrogen-bond acceptors (Lipinski definition) is 2. The summed E-state index contributed by atoms with van der Waals surface area (Å²) in [6.07, 6.45) is 0. The topological polar surface area (TPSA) is 26.3 Å². The maximum absolute atomic E-state index is 11.1. The summed E-state index contributed by atoms with van der Waals surface area (Å²) in [6, 6.07) is 9.13. The molecule has 1 radical (unpaired) electrons. The molecule has 0 bridgehead atoms. The van der Waals surface area contributed by atoms with Gasteiger partial charge in [0.2, 0.25) is 0 Å². The molecular formula is C8H10KO2S. The van der Waals surface area contributed by atoms with Gasteiger partial charge in [-0.2, -0.15) is 0 Å². The zero-order chi connectivity index (χ0) is 8.10. The average Bonchev–Trinajstić information content (AvgIpc) is 2.07. The van der Waals surface area contributed by atoms with Crippen LogP contribution in [0, 0.1) is 0 Å². The molecule has 0 saturated heterocycles. The van der Waals surface area contributed by atoms with E-state index < -0.39 is 11.1 Å². The van der Waals surface area contributed by atoms with Crippen LogP contribution in [0.4, 0.5) is 0 Å². The molecule has 0 heterocycles. The van der Waals surface area contributed by atoms with Crippen molar-refractivity contribution in [2.45, 2.75) is 11.8 Å². The normalized spacial score (nSPS) is 11.8. The fourth-order valence-electron chi connectivity index (χ4n) is 0.707. The molecule has 0 aliphatic heterocycles. The van der Waals surface area contributed by atoms with Crippen molar-refractivity contribution in [3.05, 3.63) is 30.3 Å². The Hall–Kier alpha value is 0.966. The zero-order valence-electron chi connectivity index (χ0n) is 7.32. The fraction of sp³-hybridized carbons (Fsp3) is 0.250. The second-order valence-electron chi connectivity index (χ2n) is 1.95. The minimum atomic E-state index is -1.28. The van der Waals surface area contributed by atoms with Crippen LogP contribution >= 0.6 is 0 Å². The number of hydrogen-bond donors (Lipinski definition) is 0. The molecule has 0 amide bonds. The molecule has 0 aliphatic rings. The first-order valence-corrected chi connectivity index (χ1v) is 4.52. The van der Waals surface area contributed by atoms with Crippen LogP contribution < -0.4 is 0 Å². The molecule has 1 aromatic rings. The SMILES string of the molecule is CCOS(=O)c1ccccc1.[K]. The Bertz CT molecular complexity index is 238. The van der Waals surface area contributed by atoms with Crippen molar-refractivity contribution in [1.82, 2.24) is 0 Å². The van der Waals surface area contributed by atoms with E-state index in [9.17, 15) is 4.21 Å². The van der Waals surface area contributed by atoms with Crippen LogP contribution in [0.3, 0.4) is 0 Å². The third-order valence-electron chi connectivity index (χ3n) is 1.16. The molecule has 12 heavy (non-hydrogen) atoms. The Morgan fingerprint density at radius 3 is 2.42 bits per heavy atom. The Morgan fingerprint density at radius 1 is 1.33 bits per heavy atom. The molecule has 0 N–H and O–H groups in total. The first-order valence-electron chi connectivity index (χ1n) is 3.44. The molecule has 0 saturated carbocycles. The standard InChI is InChI=1S/C8H10O2S.K/c1-2-10-11(9)8-6-4-3-5-7-8;/h3-7H,2H2,1H3;. The minimum Gasteiger partial charge on any atom is -0.287 e. The summed E-state index contributed by atoms with van der Waals surface area (Å²) in [5.41, 5.74) is 0. The largest absolute Gasteiger partial charge is 0.287 e. The molecule has 1 rings (SSSR count). The summed E-state index contributed by atoms with van der Waals surface area (Å²) >= 11 is -1.28. The van der Waals surface area contributed by atoms with Gasteiger partial charge in [-0.3, -0.25) is 4.18 Å². The molecule has 0 aromatic heterocycles. The second kappa shape index (κ2) is 7.38.